The lowest BCUT2D eigenvalue weighted by atomic mass is 9.87. The Morgan fingerprint density at radius 2 is 1.58 bits per heavy atom. The van der Waals surface area contributed by atoms with Gasteiger partial charge in [-0.2, -0.15) is 0 Å². The summed E-state index contributed by atoms with van der Waals surface area (Å²) in [6.07, 6.45) is 10.3. The van der Waals surface area contributed by atoms with Crippen LogP contribution in [0.4, 0.5) is 0 Å². The first-order valence-corrected chi connectivity index (χ1v) is 8.09. The Bertz CT molecular complexity index is 225. The lowest BCUT2D eigenvalue weighted by Gasteiger charge is -2.19. The van der Waals surface area contributed by atoms with Crippen LogP contribution in [0.2, 0.25) is 0 Å². The highest BCUT2D eigenvalue weighted by Gasteiger charge is 2.18. The SMILES string of the molecule is CCCCCCC[C@H](C)C[C@H](C)C[C@@H](C)C(=O)OC. The first kappa shape index (κ1) is 18.5. The van der Waals surface area contributed by atoms with Gasteiger partial charge >= 0.3 is 5.97 Å². The monoisotopic (exact) mass is 270 g/mol. The van der Waals surface area contributed by atoms with Gasteiger partial charge in [0.2, 0.25) is 0 Å². The second-order valence-electron chi connectivity index (χ2n) is 6.31. The van der Waals surface area contributed by atoms with Gasteiger partial charge in [-0.15, -0.1) is 0 Å². The summed E-state index contributed by atoms with van der Waals surface area (Å²) in [5, 5.41) is 0. The van der Waals surface area contributed by atoms with Crippen molar-refractivity contribution in [2.24, 2.45) is 17.8 Å². The number of carbonyl (C=O) groups is 1. The summed E-state index contributed by atoms with van der Waals surface area (Å²) in [5.74, 6) is 1.36. The van der Waals surface area contributed by atoms with E-state index in [2.05, 4.69) is 20.8 Å². The molecule has 0 N–H and O–H groups in total. The van der Waals surface area contributed by atoms with Crippen LogP contribution in [0.3, 0.4) is 0 Å². The Kier molecular flexibility index (Phi) is 11.0. The molecule has 0 heterocycles. The fourth-order valence-corrected chi connectivity index (χ4v) is 2.90. The van der Waals surface area contributed by atoms with Crippen LogP contribution in [0.15, 0.2) is 0 Å². The average Bonchev–Trinajstić information content (AvgIpc) is 2.37. The number of unbranched alkanes of at least 4 members (excludes halogenated alkanes) is 4. The molecular weight excluding hydrogens is 236 g/mol. The van der Waals surface area contributed by atoms with Crippen LogP contribution in [0.1, 0.15) is 79.1 Å². The van der Waals surface area contributed by atoms with Crippen molar-refractivity contribution >= 4 is 5.97 Å². The van der Waals surface area contributed by atoms with E-state index in [0.29, 0.717) is 5.92 Å². The molecule has 0 aromatic heterocycles. The summed E-state index contributed by atoms with van der Waals surface area (Å²) in [5.41, 5.74) is 0. The maximum atomic E-state index is 11.4. The van der Waals surface area contributed by atoms with Crippen molar-refractivity contribution in [2.45, 2.75) is 79.1 Å². The second-order valence-corrected chi connectivity index (χ2v) is 6.31. The Balaban J connectivity index is 3.68. The van der Waals surface area contributed by atoms with Crippen molar-refractivity contribution in [3.05, 3.63) is 0 Å². The Labute approximate surface area is 120 Å². The van der Waals surface area contributed by atoms with Gasteiger partial charge in [0.1, 0.15) is 0 Å². The van der Waals surface area contributed by atoms with Crippen LogP contribution < -0.4 is 0 Å². The molecular formula is C17H34O2. The molecule has 0 aliphatic heterocycles. The Morgan fingerprint density at radius 1 is 0.947 bits per heavy atom. The number of esters is 1. The smallest absolute Gasteiger partial charge is 0.308 e. The fraction of sp³-hybridized carbons (Fsp3) is 0.941. The zero-order valence-electron chi connectivity index (χ0n) is 13.7. The third-order valence-corrected chi connectivity index (χ3v) is 3.96. The van der Waals surface area contributed by atoms with Gasteiger partial charge in [-0.3, -0.25) is 4.79 Å². The minimum absolute atomic E-state index is 0.0387. The standard InChI is InChI=1S/C17H34O2/c1-6-7-8-9-10-11-14(2)12-15(3)13-16(4)17(18)19-5/h14-16H,6-13H2,1-5H3/t14-,15-,16+/m0/s1. The van der Waals surface area contributed by atoms with Crippen molar-refractivity contribution in [1.29, 1.82) is 0 Å². The molecule has 0 spiro atoms. The maximum Gasteiger partial charge on any atom is 0.308 e. The molecule has 0 aliphatic carbocycles. The summed E-state index contributed by atoms with van der Waals surface area (Å²) in [7, 11) is 1.47. The third kappa shape index (κ3) is 9.98. The molecule has 0 bridgehead atoms. The predicted molar refractivity (Wildman–Crippen MR) is 82.1 cm³/mol. The molecule has 2 heteroatoms. The van der Waals surface area contributed by atoms with E-state index < -0.39 is 0 Å². The molecule has 0 fully saturated rings. The zero-order chi connectivity index (χ0) is 14.7. The van der Waals surface area contributed by atoms with Crippen LogP contribution in [0, 0.1) is 17.8 Å². The molecule has 0 radical (unpaired) electrons. The highest BCUT2D eigenvalue weighted by Crippen LogP contribution is 2.23. The van der Waals surface area contributed by atoms with Crippen molar-refractivity contribution in [3.63, 3.8) is 0 Å². The third-order valence-electron chi connectivity index (χ3n) is 3.96. The van der Waals surface area contributed by atoms with E-state index >= 15 is 0 Å². The molecule has 0 rings (SSSR count). The Hall–Kier alpha value is -0.530. The van der Waals surface area contributed by atoms with E-state index in [1.54, 1.807) is 0 Å². The first-order valence-electron chi connectivity index (χ1n) is 8.09. The van der Waals surface area contributed by atoms with E-state index in [4.69, 9.17) is 4.74 Å². The van der Waals surface area contributed by atoms with Crippen molar-refractivity contribution in [1.82, 2.24) is 0 Å². The number of rotatable bonds is 11. The first-order chi connectivity index (χ1) is 9.01. The van der Waals surface area contributed by atoms with E-state index in [1.807, 2.05) is 6.92 Å². The highest BCUT2D eigenvalue weighted by atomic mass is 16.5. The number of hydrogen-bond acceptors (Lipinski definition) is 2. The van der Waals surface area contributed by atoms with Gasteiger partial charge in [-0.1, -0.05) is 66.2 Å². The fourth-order valence-electron chi connectivity index (χ4n) is 2.90. The van der Waals surface area contributed by atoms with E-state index in [0.717, 1.165) is 12.3 Å². The topological polar surface area (TPSA) is 26.3 Å². The minimum atomic E-state index is -0.0703. The molecule has 0 aliphatic rings. The van der Waals surface area contributed by atoms with Gasteiger partial charge in [0.05, 0.1) is 13.0 Å². The van der Waals surface area contributed by atoms with Crippen LogP contribution in [-0.2, 0) is 9.53 Å². The zero-order valence-corrected chi connectivity index (χ0v) is 13.7. The van der Waals surface area contributed by atoms with Crippen molar-refractivity contribution < 1.29 is 9.53 Å². The maximum absolute atomic E-state index is 11.4. The van der Waals surface area contributed by atoms with Gasteiger partial charge in [-0.25, -0.2) is 0 Å². The van der Waals surface area contributed by atoms with Crippen molar-refractivity contribution in [3.8, 4) is 0 Å². The van der Waals surface area contributed by atoms with Gasteiger partial charge in [0, 0.05) is 0 Å². The van der Waals surface area contributed by atoms with Gasteiger partial charge in [0.25, 0.3) is 0 Å². The molecule has 19 heavy (non-hydrogen) atoms. The van der Waals surface area contributed by atoms with Crippen LogP contribution >= 0.6 is 0 Å². The summed E-state index contributed by atoms with van der Waals surface area (Å²) in [6, 6.07) is 0. The molecule has 2 nitrogen and oxygen atoms in total. The summed E-state index contributed by atoms with van der Waals surface area (Å²) < 4.78 is 4.78. The van der Waals surface area contributed by atoms with Gasteiger partial charge < -0.3 is 4.74 Å². The molecule has 0 amide bonds. The lowest BCUT2D eigenvalue weighted by Crippen LogP contribution is -2.16. The number of methoxy groups -OCH3 is 1. The molecule has 114 valence electrons. The summed E-state index contributed by atoms with van der Waals surface area (Å²) in [6.45, 7) is 8.83. The van der Waals surface area contributed by atoms with Crippen LogP contribution in [0.25, 0.3) is 0 Å². The Morgan fingerprint density at radius 3 is 2.16 bits per heavy atom. The average molecular weight is 270 g/mol. The number of hydrogen-bond donors (Lipinski definition) is 0. The molecule has 0 aromatic rings. The minimum Gasteiger partial charge on any atom is -0.469 e. The van der Waals surface area contributed by atoms with Crippen LogP contribution in [-0.4, -0.2) is 13.1 Å². The highest BCUT2D eigenvalue weighted by molar-refractivity contribution is 5.71. The van der Waals surface area contributed by atoms with Crippen molar-refractivity contribution in [2.75, 3.05) is 7.11 Å². The van der Waals surface area contributed by atoms with Gasteiger partial charge in [-0.05, 0) is 24.7 Å². The number of ether oxygens (including phenoxy) is 1. The van der Waals surface area contributed by atoms with E-state index in [-0.39, 0.29) is 11.9 Å². The van der Waals surface area contributed by atoms with Crippen LogP contribution in [0.5, 0.6) is 0 Å². The molecule has 0 aromatic carbocycles. The second kappa shape index (κ2) is 11.3. The quantitative estimate of drug-likeness (QED) is 0.380. The summed E-state index contributed by atoms with van der Waals surface area (Å²) >= 11 is 0. The van der Waals surface area contributed by atoms with Gasteiger partial charge in [0.15, 0.2) is 0 Å². The van der Waals surface area contributed by atoms with E-state index in [9.17, 15) is 4.79 Å². The largest absolute Gasteiger partial charge is 0.469 e. The summed E-state index contributed by atoms with van der Waals surface area (Å²) in [4.78, 5) is 11.4. The number of carbonyl (C=O) groups excluding carboxylic acids is 1. The molecule has 0 unspecified atom stereocenters. The normalized spacial score (nSPS) is 15.8. The lowest BCUT2D eigenvalue weighted by molar-refractivity contribution is -0.145. The molecule has 3 atom stereocenters. The van der Waals surface area contributed by atoms with E-state index in [1.165, 1.54) is 52.1 Å². The molecule has 0 saturated carbocycles. The predicted octanol–water partition coefficient (Wildman–Crippen LogP) is 5.21. The molecule has 0 saturated heterocycles.